The van der Waals surface area contributed by atoms with Crippen LogP contribution in [0.25, 0.3) is 0 Å². The molecule has 1 saturated heterocycles. The first-order valence-corrected chi connectivity index (χ1v) is 7.53. The van der Waals surface area contributed by atoms with E-state index in [1.165, 1.54) is 49.3 Å². The van der Waals surface area contributed by atoms with Crippen LogP contribution in [0.2, 0.25) is 0 Å². The third-order valence-corrected chi connectivity index (χ3v) is 4.38. The number of nitrogens with two attached hydrogens (primary N) is 1. The van der Waals surface area contributed by atoms with E-state index >= 15 is 0 Å². The van der Waals surface area contributed by atoms with Gasteiger partial charge in [0, 0.05) is 45.0 Å². The fraction of sp³-hybridized carbons (Fsp3) is 0.625. The molecule has 2 aliphatic rings. The summed E-state index contributed by atoms with van der Waals surface area (Å²) >= 11 is 0. The summed E-state index contributed by atoms with van der Waals surface area (Å²) in [5.41, 5.74) is 9.83. The number of aryl methyl sites for hydroxylation is 1. The summed E-state index contributed by atoms with van der Waals surface area (Å²) in [5.74, 6) is 1.01. The first-order chi connectivity index (χ1) is 9.26. The monoisotopic (exact) mass is 259 g/mol. The average Bonchev–Trinajstić information content (AvgIpc) is 3.24. The molecule has 1 aromatic carbocycles. The third kappa shape index (κ3) is 3.10. The highest BCUT2D eigenvalue weighted by Gasteiger charge is 2.26. The molecule has 1 aromatic rings. The van der Waals surface area contributed by atoms with Gasteiger partial charge in [-0.2, -0.15) is 0 Å². The summed E-state index contributed by atoms with van der Waals surface area (Å²) in [6.45, 7) is 8.79. The summed E-state index contributed by atoms with van der Waals surface area (Å²) in [6.07, 6.45) is 2.91. The zero-order valence-corrected chi connectivity index (χ0v) is 11.9. The minimum absolute atomic E-state index is 0.638. The first kappa shape index (κ1) is 12.9. The lowest BCUT2D eigenvalue weighted by molar-refractivity contribution is 0.248. The van der Waals surface area contributed by atoms with E-state index in [4.69, 9.17) is 5.73 Å². The van der Waals surface area contributed by atoms with Gasteiger partial charge in [-0.05, 0) is 37.3 Å². The maximum Gasteiger partial charge on any atom is 0.0412 e. The van der Waals surface area contributed by atoms with Crippen LogP contribution >= 0.6 is 0 Å². The lowest BCUT2D eigenvalue weighted by atomic mass is 10.1. The molecule has 19 heavy (non-hydrogen) atoms. The van der Waals surface area contributed by atoms with Crippen molar-refractivity contribution in [3.05, 3.63) is 29.3 Å². The van der Waals surface area contributed by atoms with Gasteiger partial charge in [0.1, 0.15) is 0 Å². The highest BCUT2D eigenvalue weighted by Crippen LogP contribution is 2.30. The van der Waals surface area contributed by atoms with Crippen LogP contribution in [0.15, 0.2) is 18.2 Å². The summed E-state index contributed by atoms with van der Waals surface area (Å²) < 4.78 is 0. The van der Waals surface area contributed by atoms with E-state index in [2.05, 4.69) is 34.9 Å². The number of anilines is 1. The van der Waals surface area contributed by atoms with Gasteiger partial charge in [0.05, 0.1) is 0 Å². The summed E-state index contributed by atoms with van der Waals surface area (Å²) in [4.78, 5) is 5.13. The molecule has 1 aliphatic heterocycles. The molecular weight excluding hydrogens is 234 g/mol. The summed E-state index contributed by atoms with van der Waals surface area (Å²) in [6, 6.07) is 6.67. The molecule has 2 N–H and O–H groups in total. The Morgan fingerprint density at radius 2 is 1.89 bits per heavy atom. The van der Waals surface area contributed by atoms with Gasteiger partial charge in [0.25, 0.3) is 0 Å². The number of rotatable bonds is 4. The highest BCUT2D eigenvalue weighted by molar-refractivity contribution is 5.55. The minimum Gasteiger partial charge on any atom is -0.369 e. The van der Waals surface area contributed by atoms with Gasteiger partial charge in [0.15, 0.2) is 0 Å². The molecule has 1 saturated carbocycles. The second-order valence-electron chi connectivity index (χ2n) is 6.07. The van der Waals surface area contributed by atoms with Gasteiger partial charge in [-0.15, -0.1) is 0 Å². The van der Waals surface area contributed by atoms with E-state index in [0.29, 0.717) is 6.54 Å². The Balaban J connectivity index is 1.63. The molecule has 0 aromatic heterocycles. The molecule has 3 nitrogen and oxygen atoms in total. The molecule has 1 aliphatic carbocycles. The van der Waals surface area contributed by atoms with Crippen LogP contribution in [-0.4, -0.2) is 37.6 Å². The number of hydrogen-bond donors (Lipinski definition) is 1. The van der Waals surface area contributed by atoms with E-state index in [1.54, 1.807) is 0 Å². The molecule has 0 spiro atoms. The van der Waals surface area contributed by atoms with Gasteiger partial charge in [-0.3, -0.25) is 4.90 Å². The van der Waals surface area contributed by atoms with E-state index in [1.807, 2.05) is 0 Å². The van der Waals surface area contributed by atoms with Crippen LogP contribution < -0.4 is 10.6 Å². The van der Waals surface area contributed by atoms with E-state index in [0.717, 1.165) is 19.0 Å². The van der Waals surface area contributed by atoms with Crippen LogP contribution in [0.5, 0.6) is 0 Å². The van der Waals surface area contributed by atoms with Crippen molar-refractivity contribution in [3.8, 4) is 0 Å². The lowest BCUT2D eigenvalue weighted by Gasteiger charge is -2.37. The Hall–Kier alpha value is -1.06. The van der Waals surface area contributed by atoms with Crippen LogP contribution in [-0.2, 0) is 6.54 Å². The second-order valence-corrected chi connectivity index (χ2v) is 6.07. The summed E-state index contributed by atoms with van der Waals surface area (Å²) in [7, 11) is 0. The van der Waals surface area contributed by atoms with Crippen LogP contribution in [0.4, 0.5) is 5.69 Å². The van der Waals surface area contributed by atoms with Crippen molar-refractivity contribution < 1.29 is 0 Å². The smallest absolute Gasteiger partial charge is 0.0412 e. The molecule has 104 valence electrons. The van der Waals surface area contributed by atoms with Crippen molar-refractivity contribution in [3.63, 3.8) is 0 Å². The molecule has 2 fully saturated rings. The number of piperazine rings is 1. The zero-order valence-electron chi connectivity index (χ0n) is 11.9. The minimum atomic E-state index is 0.638. The van der Waals surface area contributed by atoms with Gasteiger partial charge < -0.3 is 10.6 Å². The van der Waals surface area contributed by atoms with Crippen molar-refractivity contribution in [1.29, 1.82) is 0 Å². The SMILES string of the molecule is Cc1ccc(N2CCN(CC3CC3)CC2)c(CN)c1. The Kier molecular flexibility index (Phi) is 3.76. The molecule has 0 bridgehead atoms. The summed E-state index contributed by atoms with van der Waals surface area (Å²) in [5, 5.41) is 0. The van der Waals surface area contributed by atoms with Crippen molar-refractivity contribution >= 4 is 5.69 Å². The maximum atomic E-state index is 5.89. The van der Waals surface area contributed by atoms with Gasteiger partial charge in [0.2, 0.25) is 0 Å². The predicted octanol–water partition coefficient (Wildman–Crippen LogP) is 1.99. The van der Waals surface area contributed by atoms with Crippen LogP contribution in [0, 0.1) is 12.8 Å². The second kappa shape index (κ2) is 5.51. The van der Waals surface area contributed by atoms with Crippen LogP contribution in [0.3, 0.4) is 0 Å². The standard InChI is InChI=1S/C16H25N3/c1-13-2-5-16(15(10-13)11-17)19-8-6-18(7-9-19)12-14-3-4-14/h2,5,10,14H,3-4,6-9,11-12,17H2,1H3. The third-order valence-electron chi connectivity index (χ3n) is 4.38. The highest BCUT2D eigenvalue weighted by atomic mass is 15.3. The maximum absolute atomic E-state index is 5.89. The largest absolute Gasteiger partial charge is 0.369 e. The molecule has 0 unspecified atom stereocenters. The van der Waals surface area contributed by atoms with E-state index in [9.17, 15) is 0 Å². The van der Waals surface area contributed by atoms with Crippen molar-refractivity contribution in [2.45, 2.75) is 26.3 Å². The van der Waals surface area contributed by atoms with Gasteiger partial charge >= 0.3 is 0 Å². The van der Waals surface area contributed by atoms with Crippen molar-refractivity contribution in [2.24, 2.45) is 11.7 Å². The van der Waals surface area contributed by atoms with E-state index in [-0.39, 0.29) is 0 Å². The number of hydrogen-bond acceptors (Lipinski definition) is 3. The quantitative estimate of drug-likeness (QED) is 0.897. The number of nitrogens with zero attached hydrogens (tertiary/aromatic N) is 2. The average molecular weight is 259 g/mol. The fourth-order valence-electron chi connectivity index (χ4n) is 3.02. The molecule has 0 amide bonds. The fourth-order valence-corrected chi connectivity index (χ4v) is 3.02. The molecule has 0 radical (unpaired) electrons. The van der Waals surface area contributed by atoms with Gasteiger partial charge in [-0.1, -0.05) is 17.7 Å². The van der Waals surface area contributed by atoms with Crippen molar-refractivity contribution in [2.75, 3.05) is 37.6 Å². The normalized spacial score (nSPS) is 20.8. The van der Waals surface area contributed by atoms with Gasteiger partial charge in [-0.25, -0.2) is 0 Å². The molecule has 3 heteroatoms. The molecule has 0 atom stereocenters. The Bertz CT molecular complexity index is 432. The van der Waals surface area contributed by atoms with Crippen molar-refractivity contribution in [1.82, 2.24) is 4.90 Å². The molecule has 3 rings (SSSR count). The topological polar surface area (TPSA) is 32.5 Å². The lowest BCUT2D eigenvalue weighted by Crippen LogP contribution is -2.47. The number of benzene rings is 1. The first-order valence-electron chi connectivity index (χ1n) is 7.53. The van der Waals surface area contributed by atoms with E-state index < -0.39 is 0 Å². The Labute approximate surface area is 116 Å². The predicted molar refractivity (Wildman–Crippen MR) is 80.4 cm³/mol. The molecule has 1 heterocycles. The Morgan fingerprint density at radius 3 is 2.53 bits per heavy atom. The zero-order chi connectivity index (χ0) is 13.2. The van der Waals surface area contributed by atoms with Crippen LogP contribution in [0.1, 0.15) is 24.0 Å². The Morgan fingerprint density at radius 1 is 1.16 bits per heavy atom. The molecular formula is C16H25N3.